The minimum atomic E-state index is 0.119. The van der Waals surface area contributed by atoms with Crippen LogP contribution in [0.5, 0.6) is 0 Å². The molecule has 0 spiro atoms. The van der Waals surface area contributed by atoms with Crippen molar-refractivity contribution in [1.29, 1.82) is 0 Å². The van der Waals surface area contributed by atoms with E-state index in [1.165, 1.54) is 0 Å². The molecule has 2 nitrogen and oxygen atoms in total. The van der Waals surface area contributed by atoms with Crippen molar-refractivity contribution in [2.45, 2.75) is 13.0 Å². The molecule has 0 aliphatic carbocycles. The molecule has 0 N–H and O–H groups in total. The monoisotopic (exact) mass is 307 g/mol. The molecule has 0 saturated heterocycles. The lowest BCUT2D eigenvalue weighted by molar-refractivity contribution is 0.112. The SMILES string of the molecule is CC(c1cccc(Cl)c1)N(C)c1ccc(C=O)cc1Cl. The summed E-state index contributed by atoms with van der Waals surface area (Å²) in [4.78, 5) is 12.8. The van der Waals surface area contributed by atoms with Crippen molar-refractivity contribution in [2.24, 2.45) is 0 Å². The fourth-order valence-electron chi connectivity index (χ4n) is 2.08. The van der Waals surface area contributed by atoms with Gasteiger partial charge in [-0.25, -0.2) is 0 Å². The Morgan fingerprint density at radius 3 is 2.50 bits per heavy atom. The van der Waals surface area contributed by atoms with Crippen molar-refractivity contribution in [3.05, 3.63) is 63.6 Å². The van der Waals surface area contributed by atoms with Crippen molar-refractivity contribution in [3.63, 3.8) is 0 Å². The Labute approximate surface area is 128 Å². The number of carbonyl (C=O) groups excluding carboxylic acids is 1. The van der Waals surface area contributed by atoms with Gasteiger partial charge < -0.3 is 4.90 Å². The summed E-state index contributed by atoms with van der Waals surface area (Å²) in [6.45, 7) is 2.08. The maximum Gasteiger partial charge on any atom is 0.150 e. The maximum absolute atomic E-state index is 10.7. The number of anilines is 1. The zero-order valence-electron chi connectivity index (χ0n) is 11.3. The highest BCUT2D eigenvalue weighted by atomic mass is 35.5. The maximum atomic E-state index is 10.7. The van der Waals surface area contributed by atoms with Crippen LogP contribution in [0, 0.1) is 0 Å². The van der Waals surface area contributed by atoms with Crippen LogP contribution in [0.3, 0.4) is 0 Å². The molecule has 2 rings (SSSR count). The Balaban J connectivity index is 2.31. The van der Waals surface area contributed by atoms with Crippen LogP contribution in [-0.4, -0.2) is 13.3 Å². The first-order valence-corrected chi connectivity index (χ1v) is 7.01. The highest BCUT2D eigenvalue weighted by molar-refractivity contribution is 6.33. The number of hydrogen-bond donors (Lipinski definition) is 0. The number of halogens is 2. The smallest absolute Gasteiger partial charge is 0.150 e. The van der Waals surface area contributed by atoms with Crippen LogP contribution >= 0.6 is 23.2 Å². The molecule has 1 atom stereocenters. The van der Waals surface area contributed by atoms with Crippen molar-refractivity contribution < 1.29 is 4.79 Å². The van der Waals surface area contributed by atoms with E-state index in [0.717, 1.165) is 17.5 Å². The second-order valence-corrected chi connectivity index (χ2v) is 5.51. The van der Waals surface area contributed by atoms with Crippen LogP contribution in [0.25, 0.3) is 0 Å². The predicted molar refractivity (Wildman–Crippen MR) is 85.1 cm³/mol. The first-order valence-electron chi connectivity index (χ1n) is 6.26. The summed E-state index contributed by atoms with van der Waals surface area (Å²) in [6.07, 6.45) is 0.788. The summed E-state index contributed by atoms with van der Waals surface area (Å²) in [5, 5.41) is 1.27. The van der Waals surface area contributed by atoms with E-state index in [4.69, 9.17) is 23.2 Å². The minimum absolute atomic E-state index is 0.119. The highest BCUT2D eigenvalue weighted by Crippen LogP contribution is 2.32. The molecule has 0 fully saturated rings. The summed E-state index contributed by atoms with van der Waals surface area (Å²) in [6, 6.07) is 13.2. The van der Waals surface area contributed by atoms with E-state index in [-0.39, 0.29) is 6.04 Å². The van der Waals surface area contributed by atoms with E-state index >= 15 is 0 Å². The lowest BCUT2D eigenvalue weighted by atomic mass is 10.1. The molecule has 0 aliphatic rings. The number of hydrogen-bond acceptors (Lipinski definition) is 2. The van der Waals surface area contributed by atoms with Crippen LogP contribution < -0.4 is 4.90 Å². The van der Waals surface area contributed by atoms with Gasteiger partial charge in [0.1, 0.15) is 6.29 Å². The minimum Gasteiger partial charge on any atom is -0.367 e. The number of benzene rings is 2. The third kappa shape index (κ3) is 3.14. The zero-order chi connectivity index (χ0) is 14.7. The number of carbonyl (C=O) groups is 1. The summed E-state index contributed by atoms with van der Waals surface area (Å²) in [5.41, 5.74) is 2.56. The highest BCUT2D eigenvalue weighted by Gasteiger charge is 2.15. The van der Waals surface area contributed by atoms with E-state index in [2.05, 4.69) is 11.8 Å². The quantitative estimate of drug-likeness (QED) is 0.741. The molecule has 4 heteroatoms. The molecule has 0 aliphatic heterocycles. The molecule has 0 bridgehead atoms. The van der Waals surface area contributed by atoms with Gasteiger partial charge in [-0.1, -0.05) is 35.3 Å². The summed E-state index contributed by atoms with van der Waals surface area (Å²) in [5.74, 6) is 0. The molecule has 0 saturated carbocycles. The average Bonchev–Trinajstić information content (AvgIpc) is 2.45. The van der Waals surface area contributed by atoms with Gasteiger partial charge in [0.05, 0.1) is 16.8 Å². The van der Waals surface area contributed by atoms with Crippen molar-refractivity contribution in [3.8, 4) is 0 Å². The molecule has 2 aromatic rings. The van der Waals surface area contributed by atoms with Crippen LogP contribution in [0.4, 0.5) is 5.69 Å². The van der Waals surface area contributed by atoms with E-state index in [1.807, 2.05) is 37.4 Å². The Bertz CT molecular complexity index is 628. The molecule has 104 valence electrons. The van der Waals surface area contributed by atoms with Gasteiger partial charge in [0.25, 0.3) is 0 Å². The van der Waals surface area contributed by atoms with Gasteiger partial charge in [-0.05, 0) is 42.8 Å². The predicted octanol–water partition coefficient (Wildman–Crippen LogP) is 5.00. The topological polar surface area (TPSA) is 20.3 Å². The van der Waals surface area contributed by atoms with Crippen LogP contribution in [0.15, 0.2) is 42.5 Å². The Morgan fingerprint density at radius 2 is 1.90 bits per heavy atom. The lowest BCUT2D eigenvalue weighted by Crippen LogP contribution is -2.21. The second kappa shape index (κ2) is 6.29. The van der Waals surface area contributed by atoms with E-state index in [0.29, 0.717) is 15.6 Å². The molecule has 0 radical (unpaired) electrons. The van der Waals surface area contributed by atoms with E-state index in [1.54, 1.807) is 12.1 Å². The molecule has 20 heavy (non-hydrogen) atoms. The fraction of sp³-hybridized carbons (Fsp3) is 0.188. The molecular formula is C16H15Cl2NO. The third-order valence-electron chi connectivity index (χ3n) is 3.40. The largest absolute Gasteiger partial charge is 0.367 e. The van der Waals surface area contributed by atoms with Gasteiger partial charge in [0, 0.05) is 17.6 Å². The van der Waals surface area contributed by atoms with Gasteiger partial charge in [-0.2, -0.15) is 0 Å². The molecular weight excluding hydrogens is 293 g/mol. The van der Waals surface area contributed by atoms with Crippen molar-refractivity contribution >= 4 is 35.2 Å². The molecule has 0 aromatic heterocycles. The van der Waals surface area contributed by atoms with Gasteiger partial charge in [0.15, 0.2) is 0 Å². The van der Waals surface area contributed by atoms with Crippen LogP contribution in [0.1, 0.15) is 28.9 Å². The van der Waals surface area contributed by atoms with Gasteiger partial charge in [-0.3, -0.25) is 4.79 Å². The first-order chi connectivity index (χ1) is 9.52. The molecule has 0 heterocycles. The van der Waals surface area contributed by atoms with E-state index in [9.17, 15) is 4.79 Å². The molecule has 0 amide bonds. The van der Waals surface area contributed by atoms with Crippen molar-refractivity contribution in [2.75, 3.05) is 11.9 Å². The average molecular weight is 308 g/mol. The third-order valence-corrected chi connectivity index (χ3v) is 3.94. The van der Waals surface area contributed by atoms with Gasteiger partial charge >= 0.3 is 0 Å². The van der Waals surface area contributed by atoms with Crippen molar-refractivity contribution in [1.82, 2.24) is 0 Å². The zero-order valence-corrected chi connectivity index (χ0v) is 12.8. The summed E-state index contributed by atoms with van der Waals surface area (Å²) < 4.78 is 0. The van der Waals surface area contributed by atoms with Crippen LogP contribution in [0.2, 0.25) is 10.0 Å². The molecule has 1 unspecified atom stereocenters. The molecule has 2 aromatic carbocycles. The first kappa shape index (κ1) is 14.9. The normalized spacial score (nSPS) is 12.0. The number of rotatable bonds is 4. The Hall–Kier alpha value is -1.51. The standard InChI is InChI=1S/C16H15Cl2NO/c1-11(13-4-3-5-14(17)9-13)19(2)16-7-6-12(10-20)8-15(16)18/h3-11H,1-2H3. The summed E-state index contributed by atoms with van der Waals surface area (Å²) >= 11 is 12.3. The summed E-state index contributed by atoms with van der Waals surface area (Å²) in [7, 11) is 1.97. The Kier molecular flexibility index (Phi) is 4.69. The fourth-order valence-corrected chi connectivity index (χ4v) is 2.60. The Morgan fingerprint density at radius 1 is 1.15 bits per heavy atom. The van der Waals surface area contributed by atoms with Gasteiger partial charge in [-0.15, -0.1) is 0 Å². The lowest BCUT2D eigenvalue weighted by Gasteiger charge is -2.28. The number of aldehydes is 1. The van der Waals surface area contributed by atoms with Gasteiger partial charge in [0.2, 0.25) is 0 Å². The van der Waals surface area contributed by atoms with E-state index < -0.39 is 0 Å². The van der Waals surface area contributed by atoms with Crippen LogP contribution in [-0.2, 0) is 0 Å². The second-order valence-electron chi connectivity index (χ2n) is 4.67. The number of nitrogens with zero attached hydrogens (tertiary/aromatic N) is 1.